The summed E-state index contributed by atoms with van der Waals surface area (Å²) >= 11 is 0. The summed E-state index contributed by atoms with van der Waals surface area (Å²) in [7, 11) is 0. The minimum absolute atomic E-state index is 0.0172. The van der Waals surface area contributed by atoms with Crippen molar-refractivity contribution in [1.29, 1.82) is 0 Å². The monoisotopic (exact) mass is 264 g/mol. The Labute approximate surface area is 115 Å². The first-order valence-corrected chi connectivity index (χ1v) is 7.29. The molecule has 0 bridgehead atoms. The molecule has 3 heteroatoms. The van der Waals surface area contributed by atoms with Crippen LogP contribution < -0.4 is 4.74 Å². The van der Waals surface area contributed by atoms with Gasteiger partial charge in [0, 0.05) is 13.0 Å². The van der Waals surface area contributed by atoms with Crippen molar-refractivity contribution in [1.82, 2.24) is 0 Å². The summed E-state index contributed by atoms with van der Waals surface area (Å²) in [5.41, 5.74) is 1.35. The number of aryl methyl sites for hydroxylation is 1. The zero-order valence-electron chi connectivity index (χ0n) is 11.8. The van der Waals surface area contributed by atoms with Gasteiger partial charge >= 0.3 is 0 Å². The summed E-state index contributed by atoms with van der Waals surface area (Å²) < 4.78 is 11.3. The average molecular weight is 264 g/mol. The van der Waals surface area contributed by atoms with E-state index in [1.807, 2.05) is 19.1 Å². The number of hydrogen-bond donors (Lipinski definition) is 1. The molecule has 0 aromatic heterocycles. The summed E-state index contributed by atoms with van der Waals surface area (Å²) in [4.78, 5) is 0. The van der Waals surface area contributed by atoms with Gasteiger partial charge in [-0.15, -0.1) is 0 Å². The largest absolute Gasteiger partial charge is 0.488 e. The van der Waals surface area contributed by atoms with Crippen LogP contribution in [0.15, 0.2) is 24.3 Å². The van der Waals surface area contributed by atoms with Crippen molar-refractivity contribution in [3.63, 3.8) is 0 Å². The van der Waals surface area contributed by atoms with Gasteiger partial charge in [-0.1, -0.05) is 25.5 Å². The maximum atomic E-state index is 9.62. The number of hydrogen-bond acceptors (Lipinski definition) is 3. The third-order valence-corrected chi connectivity index (χ3v) is 3.61. The second kappa shape index (κ2) is 6.92. The Balaban J connectivity index is 1.86. The van der Waals surface area contributed by atoms with E-state index in [9.17, 15) is 5.11 Å². The van der Waals surface area contributed by atoms with Crippen LogP contribution in [0.25, 0.3) is 0 Å². The zero-order chi connectivity index (χ0) is 13.7. The molecule has 0 radical (unpaired) electrons. The second-order valence-corrected chi connectivity index (χ2v) is 5.13. The summed E-state index contributed by atoms with van der Waals surface area (Å²) in [5.74, 6) is 0.863. The van der Waals surface area contributed by atoms with Gasteiger partial charge in [0.2, 0.25) is 0 Å². The SMILES string of the molecule is CCCCc1ccc(OC2CC(O)C2OCC)cc1. The highest BCUT2D eigenvalue weighted by Crippen LogP contribution is 2.29. The van der Waals surface area contributed by atoms with Gasteiger partial charge in [0.25, 0.3) is 0 Å². The van der Waals surface area contributed by atoms with E-state index in [1.165, 1.54) is 18.4 Å². The Bertz CT molecular complexity index is 374. The Morgan fingerprint density at radius 1 is 1.21 bits per heavy atom. The number of ether oxygens (including phenoxy) is 2. The van der Waals surface area contributed by atoms with Crippen molar-refractivity contribution in [2.75, 3.05) is 6.61 Å². The van der Waals surface area contributed by atoms with E-state index in [0.717, 1.165) is 12.2 Å². The lowest BCUT2D eigenvalue weighted by Gasteiger charge is -2.40. The topological polar surface area (TPSA) is 38.7 Å². The van der Waals surface area contributed by atoms with Gasteiger partial charge in [-0.2, -0.15) is 0 Å². The zero-order valence-corrected chi connectivity index (χ0v) is 11.8. The molecule has 3 atom stereocenters. The highest BCUT2D eigenvalue weighted by atomic mass is 16.6. The molecule has 1 N–H and O–H groups in total. The fourth-order valence-corrected chi connectivity index (χ4v) is 2.37. The molecule has 0 spiro atoms. The van der Waals surface area contributed by atoms with Crippen LogP contribution in [-0.4, -0.2) is 30.0 Å². The maximum absolute atomic E-state index is 9.62. The van der Waals surface area contributed by atoms with Gasteiger partial charge in [0.05, 0.1) is 6.10 Å². The summed E-state index contributed by atoms with van der Waals surface area (Å²) in [6.45, 7) is 4.75. The average Bonchev–Trinajstić information content (AvgIpc) is 2.43. The molecule has 0 heterocycles. The summed E-state index contributed by atoms with van der Waals surface area (Å²) in [6.07, 6.45) is 3.65. The molecule has 1 aromatic rings. The first kappa shape index (κ1) is 14.4. The van der Waals surface area contributed by atoms with Crippen molar-refractivity contribution in [3.05, 3.63) is 29.8 Å². The lowest BCUT2D eigenvalue weighted by Crippen LogP contribution is -2.55. The van der Waals surface area contributed by atoms with E-state index in [2.05, 4.69) is 19.1 Å². The summed E-state index contributed by atoms with van der Waals surface area (Å²) in [6, 6.07) is 8.27. The molecule has 1 fully saturated rings. The molecule has 2 rings (SSSR count). The van der Waals surface area contributed by atoms with Crippen molar-refractivity contribution in [3.8, 4) is 5.75 Å². The van der Waals surface area contributed by atoms with Crippen LogP contribution in [0.1, 0.15) is 38.7 Å². The van der Waals surface area contributed by atoms with E-state index < -0.39 is 0 Å². The van der Waals surface area contributed by atoms with Crippen LogP contribution in [-0.2, 0) is 11.2 Å². The molecular weight excluding hydrogens is 240 g/mol. The predicted octanol–water partition coefficient (Wildman–Crippen LogP) is 2.95. The molecule has 0 amide bonds. The molecule has 1 aromatic carbocycles. The molecular formula is C16H24O3. The lowest BCUT2D eigenvalue weighted by atomic mass is 9.88. The minimum atomic E-state index is -0.381. The number of aliphatic hydroxyl groups is 1. The Morgan fingerprint density at radius 3 is 2.53 bits per heavy atom. The highest BCUT2D eigenvalue weighted by Gasteiger charge is 2.42. The van der Waals surface area contributed by atoms with E-state index >= 15 is 0 Å². The third kappa shape index (κ3) is 3.71. The van der Waals surface area contributed by atoms with Gasteiger partial charge in [-0.25, -0.2) is 0 Å². The van der Waals surface area contributed by atoms with Crippen LogP contribution in [0.4, 0.5) is 0 Å². The van der Waals surface area contributed by atoms with Gasteiger partial charge < -0.3 is 14.6 Å². The van der Waals surface area contributed by atoms with Crippen molar-refractivity contribution < 1.29 is 14.6 Å². The highest BCUT2D eigenvalue weighted by molar-refractivity contribution is 5.28. The number of rotatable bonds is 7. The van der Waals surface area contributed by atoms with Crippen LogP contribution in [0.3, 0.4) is 0 Å². The molecule has 1 saturated carbocycles. The molecule has 3 nitrogen and oxygen atoms in total. The van der Waals surface area contributed by atoms with E-state index in [-0.39, 0.29) is 18.3 Å². The number of unbranched alkanes of at least 4 members (excludes halogenated alkanes) is 1. The molecule has 1 aliphatic carbocycles. The van der Waals surface area contributed by atoms with E-state index in [0.29, 0.717) is 13.0 Å². The van der Waals surface area contributed by atoms with Crippen LogP contribution >= 0.6 is 0 Å². The Morgan fingerprint density at radius 2 is 1.95 bits per heavy atom. The predicted molar refractivity (Wildman–Crippen MR) is 75.5 cm³/mol. The number of benzene rings is 1. The fraction of sp³-hybridized carbons (Fsp3) is 0.625. The summed E-state index contributed by atoms with van der Waals surface area (Å²) in [5, 5.41) is 9.62. The lowest BCUT2D eigenvalue weighted by molar-refractivity contribution is -0.160. The molecule has 0 aliphatic heterocycles. The molecule has 19 heavy (non-hydrogen) atoms. The molecule has 3 unspecified atom stereocenters. The van der Waals surface area contributed by atoms with Crippen molar-refractivity contribution >= 4 is 0 Å². The molecule has 106 valence electrons. The molecule has 0 saturated heterocycles. The Kier molecular flexibility index (Phi) is 5.23. The van der Waals surface area contributed by atoms with Gasteiger partial charge in [0.1, 0.15) is 18.0 Å². The first-order valence-electron chi connectivity index (χ1n) is 7.29. The number of aliphatic hydroxyl groups excluding tert-OH is 1. The Hall–Kier alpha value is -1.06. The van der Waals surface area contributed by atoms with Crippen molar-refractivity contribution in [2.24, 2.45) is 0 Å². The normalized spacial score (nSPS) is 25.9. The maximum Gasteiger partial charge on any atom is 0.130 e. The fourth-order valence-electron chi connectivity index (χ4n) is 2.37. The standard InChI is InChI=1S/C16H24O3/c1-3-5-6-12-7-9-13(10-8-12)19-15-11-14(17)16(15)18-4-2/h7-10,14-17H,3-6,11H2,1-2H3. The minimum Gasteiger partial charge on any atom is -0.488 e. The molecule has 1 aliphatic rings. The second-order valence-electron chi connectivity index (χ2n) is 5.13. The first-order chi connectivity index (χ1) is 9.24. The van der Waals surface area contributed by atoms with Gasteiger partial charge in [-0.3, -0.25) is 0 Å². The van der Waals surface area contributed by atoms with Gasteiger partial charge in [-0.05, 0) is 37.5 Å². The van der Waals surface area contributed by atoms with Crippen LogP contribution in [0.5, 0.6) is 5.75 Å². The quantitative estimate of drug-likeness (QED) is 0.823. The van der Waals surface area contributed by atoms with E-state index in [1.54, 1.807) is 0 Å². The van der Waals surface area contributed by atoms with Crippen molar-refractivity contribution in [2.45, 2.75) is 57.8 Å². The van der Waals surface area contributed by atoms with Crippen LogP contribution in [0, 0.1) is 0 Å². The van der Waals surface area contributed by atoms with Crippen LogP contribution in [0.2, 0.25) is 0 Å². The van der Waals surface area contributed by atoms with Gasteiger partial charge in [0.15, 0.2) is 0 Å². The smallest absolute Gasteiger partial charge is 0.130 e. The van der Waals surface area contributed by atoms with E-state index in [4.69, 9.17) is 9.47 Å². The third-order valence-electron chi connectivity index (χ3n) is 3.61.